The summed E-state index contributed by atoms with van der Waals surface area (Å²) in [5.41, 5.74) is 9.91. The van der Waals surface area contributed by atoms with E-state index in [9.17, 15) is 9.59 Å². The molecule has 1 aliphatic rings. The Bertz CT molecular complexity index is 186. The van der Waals surface area contributed by atoms with Crippen LogP contribution in [0.5, 0.6) is 0 Å². The zero-order chi connectivity index (χ0) is 8.43. The monoisotopic (exact) mass is 157 g/mol. The number of urea groups is 1. The number of likely N-dealkylation sites (tertiary alicyclic amines) is 1. The van der Waals surface area contributed by atoms with Crippen LogP contribution in [0.2, 0.25) is 0 Å². The summed E-state index contributed by atoms with van der Waals surface area (Å²) < 4.78 is 0. The molecule has 0 atom stereocenters. The third kappa shape index (κ3) is 1.83. The van der Waals surface area contributed by atoms with Crippen molar-refractivity contribution >= 4 is 11.9 Å². The highest BCUT2D eigenvalue weighted by molar-refractivity contribution is 5.76. The lowest BCUT2D eigenvalue weighted by Gasteiger charge is -2.37. The maximum absolute atomic E-state index is 10.4. The van der Waals surface area contributed by atoms with E-state index in [4.69, 9.17) is 11.5 Å². The Morgan fingerprint density at radius 3 is 2.27 bits per heavy atom. The molecular formula is C6H11N3O2. The standard InChI is InChI=1S/C6H11N3O2/c7-5(10)1-4-2-9(3-4)6(8)11/h4H,1-3H2,(H2,7,10)(H2,8,11). The predicted molar refractivity (Wildman–Crippen MR) is 38.5 cm³/mol. The van der Waals surface area contributed by atoms with Crippen LogP contribution in [0.15, 0.2) is 0 Å². The zero-order valence-electron chi connectivity index (χ0n) is 6.12. The van der Waals surface area contributed by atoms with E-state index < -0.39 is 6.03 Å². The van der Waals surface area contributed by atoms with Crippen molar-refractivity contribution < 1.29 is 9.59 Å². The molecule has 0 aliphatic carbocycles. The lowest BCUT2D eigenvalue weighted by atomic mass is 9.97. The van der Waals surface area contributed by atoms with Gasteiger partial charge in [0.25, 0.3) is 0 Å². The van der Waals surface area contributed by atoms with Crippen molar-refractivity contribution in [1.82, 2.24) is 4.90 Å². The molecule has 1 rings (SSSR count). The number of rotatable bonds is 2. The van der Waals surface area contributed by atoms with Crippen LogP contribution in [0.25, 0.3) is 0 Å². The van der Waals surface area contributed by atoms with Crippen molar-refractivity contribution in [2.45, 2.75) is 6.42 Å². The lowest BCUT2D eigenvalue weighted by molar-refractivity contribution is -0.119. The molecule has 1 fully saturated rings. The van der Waals surface area contributed by atoms with Crippen molar-refractivity contribution in [3.63, 3.8) is 0 Å². The molecule has 5 heteroatoms. The molecule has 4 N–H and O–H groups in total. The van der Waals surface area contributed by atoms with Gasteiger partial charge in [-0.3, -0.25) is 4.79 Å². The summed E-state index contributed by atoms with van der Waals surface area (Å²) in [5.74, 6) is -0.0980. The van der Waals surface area contributed by atoms with Crippen LogP contribution in [-0.4, -0.2) is 29.9 Å². The molecule has 0 unspecified atom stereocenters. The molecule has 0 spiro atoms. The molecule has 0 radical (unpaired) electrons. The Hall–Kier alpha value is -1.26. The Kier molecular flexibility index (Phi) is 1.98. The van der Waals surface area contributed by atoms with E-state index in [1.807, 2.05) is 0 Å². The molecule has 1 saturated heterocycles. The molecule has 0 aromatic rings. The molecule has 0 aromatic heterocycles. The number of nitrogens with zero attached hydrogens (tertiary/aromatic N) is 1. The van der Waals surface area contributed by atoms with E-state index in [2.05, 4.69) is 0 Å². The van der Waals surface area contributed by atoms with Crippen molar-refractivity contribution in [1.29, 1.82) is 0 Å². The van der Waals surface area contributed by atoms with E-state index >= 15 is 0 Å². The van der Waals surface area contributed by atoms with E-state index in [1.165, 1.54) is 4.90 Å². The first-order chi connectivity index (χ1) is 5.09. The van der Waals surface area contributed by atoms with Gasteiger partial charge in [-0.1, -0.05) is 0 Å². The third-order valence-corrected chi connectivity index (χ3v) is 1.76. The average molecular weight is 157 g/mol. The van der Waals surface area contributed by atoms with Gasteiger partial charge in [0.05, 0.1) is 0 Å². The second kappa shape index (κ2) is 2.77. The highest BCUT2D eigenvalue weighted by Gasteiger charge is 2.29. The Labute approximate surface area is 64.3 Å². The van der Waals surface area contributed by atoms with Crippen molar-refractivity contribution in [2.75, 3.05) is 13.1 Å². The minimum atomic E-state index is -0.425. The molecule has 1 heterocycles. The molecular weight excluding hydrogens is 146 g/mol. The minimum absolute atomic E-state index is 0.222. The first-order valence-corrected chi connectivity index (χ1v) is 3.42. The summed E-state index contributed by atoms with van der Waals surface area (Å²) in [5, 5.41) is 0. The number of carbonyl (C=O) groups is 2. The second-order valence-corrected chi connectivity index (χ2v) is 2.78. The van der Waals surface area contributed by atoms with Gasteiger partial charge in [0.1, 0.15) is 0 Å². The molecule has 11 heavy (non-hydrogen) atoms. The van der Waals surface area contributed by atoms with E-state index in [0.717, 1.165) is 0 Å². The largest absolute Gasteiger partial charge is 0.370 e. The SMILES string of the molecule is NC(=O)CC1CN(C(N)=O)C1. The number of nitrogens with two attached hydrogens (primary N) is 2. The normalized spacial score (nSPS) is 17.6. The Morgan fingerprint density at radius 1 is 1.36 bits per heavy atom. The number of hydrogen-bond donors (Lipinski definition) is 2. The maximum Gasteiger partial charge on any atom is 0.314 e. The van der Waals surface area contributed by atoms with Gasteiger partial charge in [0.2, 0.25) is 5.91 Å². The van der Waals surface area contributed by atoms with Gasteiger partial charge in [-0.05, 0) is 0 Å². The molecule has 1 aliphatic heterocycles. The first kappa shape index (κ1) is 7.84. The topological polar surface area (TPSA) is 89.4 Å². The van der Waals surface area contributed by atoms with Crippen LogP contribution in [0.1, 0.15) is 6.42 Å². The average Bonchev–Trinajstić information content (AvgIpc) is 1.75. The Balaban J connectivity index is 2.19. The third-order valence-electron chi connectivity index (χ3n) is 1.76. The fourth-order valence-corrected chi connectivity index (χ4v) is 1.16. The van der Waals surface area contributed by atoms with Gasteiger partial charge in [0.15, 0.2) is 0 Å². The minimum Gasteiger partial charge on any atom is -0.370 e. The van der Waals surface area contributed by atoms with Gasteiger partial charge in [-0.25, -0.2) is 4.79 Å². The lowest BCUT2D eigenvalue weighted by Crippen LogP contribution is -2.53. The van der Waals surface area contributed by atoms with Gasteiger partial charge in [-0.2, -0.15) is 0 Å². The second-order valence-electron chi connectivity index (χ2n) is 2.78. The number of primary amides is 2. The van der Waals surface area contributed by atoms with E-state index in [1.54, 1.807) is 0 Å². The summed E-state index contributed by atoms with van der Waals surface area (Å²) in [7, 11) is 0. The molecule has 0 aromatic carbocycles. The van der Waals surface area contributed by atoms with Crippen LogP contribution >= 0.6 is 0 Å². The Morgan fingerprint density at radius 2 is 1.91 bits per heavy atom. The highest BCUT2D eigenvalue weighted by atomic mass is 16.2. The molecule has 5 nitrogen and oxygen atoms in total. The van der Waals surface area contributed by atoms with Gasteiger partial charge < -0.3 is 16.4 Å². The fourth-order valence-electron chi connectivity index (χ4n) is 1.16. The zero-order valence-corrected chi connectivity index (χ0v) is 6.12. The quantitative estimate of drug-likeness (QED) is 0.531. The van der Waals surface area contributed by atoms with E-state index in [-0.39, 0.29) is 11.8 Å². The fraction of sp³-hybridized carbons (Fsp3) is 0.667. The van der Waals surface area contributed by atoms with Crippen molar-refractivity contribution in [3.05, 3.63) is 0 Å². The summed E-state index contributed by atoms with van der Waals surface area (Å²) >= 11 is 0. The van der Waals surface area contributed by atoms with Gasteiger partial charge in [0, 0.05) is 25.4 Å². The van der Waals surface area contributed by atoms with Crippen LogP contribution in [0.4, 0.5) is 4.79 Å². The molecule has 62 valence electrons. The number of carbonyl (C=O) groups excluding carboxylic acids is 2. The smallest absolute Gasteiger partial charge is 0.314 e. The number of hydrogen-bond acceptors (Lipinski definition) is 2. The molecule has 3 amide bonds. The first-order valence-electron chi connectivity index (χ1n) is 3.42. The van der Waals surface area contributed by atoms with Gasteiger partial charge in [-0.15, -0.1) is 0 Å². The van der Waals surface area contributed by atoms with Crippen LogP contribution in [0.3, 0.4) is 0 Å². The predicted octanol–water partition coefficient (Wildman–Crippen LogP) is -1.13. The summed E-state index contributed by atoms with van der Waals surface area (Å²) in [6.45, 7) is 1.14. The summed E-state index contributed by atoms with van der Waals surface area (Å²) in [6, 6.07) is -0.425. The molecule has 0 bridgehead atoms. The van der Waals surface area contributed by atoms with Crippen LogP contribution < -0.4 is 11.5 Å². The number of amides is 3. The van der Waals surface area contributed by atoms with Crippen LogP contribution in [-0.2, 0) is 4.79 Å². The summed E-state index contributed by atoms with van der Waals surface area (Å²) in [6.07, 6.45) is 0.351. The van der Waals surface area contributed by atoms with Crippen molar-refractivity contribution in [3.8, 4) is 0 Å². The summed E-state index contributed by atoms with van der Waals surface area (Å²) in [4.78, 5) is 22.3. The van der Waals surface area contributed by atoms with Crippen molar-refractivity contribution in [2.24, 2.45) is 17.4 Å². The van der Waals surface area contributed by atoms with E-state index in [0.29, 0.717) is 19.5 Å². The van der Waals surface area contributed by atoms with Crippen LogP contribution in [0, 0.1) is 5.92 Å². The van der Waals surface area contributed by atoms with Gasteiger partial charge >= 0.3 is 6.03 Å². The highest BCUT2D eigenvalue weighted by Crippen LogP contribution is 2.17. The maximum atomic E-state index is 10.4. The molecule has 0 saturated carbocycles.